The lowest BCUT2D eigenvalue weighted by Gasteiger charge is -2.11. The van der Waals surface area contributed by atoms with Gasteiger partial charge in [-0.2, -0.15) is 0 Å². The summed E-state index contributed by atoms with van der Waals surface area (Å²) in [5, 5.41) is 8.60. The molecule has 0 fully saturated rings. The molecule has 1 heterocycles. The van der Waals surface area contributed by atoms with Gasteiger partial charge in [-0.25, -0.2) is 4.79 Å². The van der Waals surface area contributed by atoms with Gasteiger partial charge in [-0.05, 0) is 19.9 Å². The molecule has 5 nitrogen and oxygen atoms in total. The molecule has 0 aliphatic heterocycles. The van der Waals surface area contributed by atoms with E-state index in [1.807, 2.05) is 13.8 Å². The minimum absolute atomic E-state index is 0.131. The molecular formula is C10H14O5. The van der Waals surface area contributed by atoms with Crippen molar-refractivity contribution in [2.24, 2.45) is 0 Å². The zero-order valence-electron chi connectivity index (χ0n) is 8.73. The third-order valence-electron chi connectivity index (χ3n) is 1.67. The molecule has 1 rings (SSSR count). The lowest BCUT2D eigenvalue weighted by Crippen LogP contribution is -2.18. The summed E-state index contributed by atoms with van der Waals surface area (Å²) >= 11 is 0. The average Bonchev–Trinajstić information content (AvgIpc) is 2.63. The number of furan rings is 1. The highest BCUT2D eigenvalue weighted by molar-refractivity contribution is 5.84. The molecule has 1 atom stereocenters. The molecule has 1 aromatic heterocycles. The van der Waals surface area contributed by atoms with E-state index in [2.05, 4.69) is 0 Å². The van der Waals surface area contributed by atoms with Crippen LogP contribution in [0.3, 0.4) is 0 Å². The molecule has 0 amide bonds. The summed E-state index contributed by atoms with van der Waals surface area (Å²) in [5.74, 6) is -1.05. The maximum absolute atomic E-state index is 10.5. The van der Waals surface area contributed by atoms with Gasteiger partial charge in [0.05, 0.1) is 6.61 Å². The molecule has 0 radical (unpaired) electrons. The van der Waals surface area contributed by atoms with Gasteiger partial charge in [0.25, 0.3) is 5.95 Å². The number of hydrogen-bond acceptors (Lipinski definition) is 4. The van der Waals surface area contributed by atoms with Crippen LogP contribution in [0.15, 0.2) is 16.5 Å². The lowest BCUT2D eigenvalue weighted by atomic mass is 10.4. The van der Waals surface area contributed by atoms with Crippen molar-refractivity contribution in [1.82, 2.24) is 0 Å². The summed E-state index contributed by atoms with van der Waals surface area (Å²) in [6.07, 6.45) is -0.169. The Bertz CT molecular complexity index is 317. The SMILES string of the molecule is CCOCC(C)Oc1ccc(C(=O)O)o1. The molecule has 0 aromatic carbocycles. The van der Waals surface area contributed by atoms with E-state index in [0.29, 0.717) is 13.2 Å². The predicted molar refractivity (Wildman–Crippen MR) is 52.3 cm³/mol. The van der Waals surface area contributed by atoms with Crippen molar-refractivity contribution in [3.8, 4) is 5.95 Å². The quantitative estimate of drug-likeness (QED) is 0.781. The van der Waals surface area contributed by atoms with Crippen molar-refractivity contribution in [1.29, 1.82) is 0 Å². The summed E-state index contributed by atoms with van der Waals surface area (Å²) in [7, 11) is 0. The molecular weight excluding hydrogens is 200 g/mol. The molecule has 0 aliphatic rings. The van der Waals surface area contributed by atoms with Crippen LogP contribution in [-0.2, 0) is 4.74 Å². The monoisotopic (exact) mass is 214 g/mol. The fraction of sp³-hybridized carbons (Fsp3) is 0.500. The highest BCUT2D eigenvalue weighted by Crippen LogP contribution is 2.17. The van der Waals surface area contributed by atoms with Crippen molar-refractivity contribution in [2.75, 3.05) is 13.2 Å². The van der Waals surface area contributed by atoms with Crippen LogP contribution in [0, 0.1) is 0 Å². The predicted octanol–water partition coefficient (Wildman–Crippen LogP) is 1.78. The van der Waals surface area contributed by atoms with Crippen LogP contribution in [0.1, 0.15) is 24.4 Å². The third-order valence-corrected chi connectivity index (χ3v) is 1.67. The molecule has 84 valence electrons. The van der Waals surface area contributed by atoms with Crippen molar-refractivity contribution in [3.63, 3.8) is 0 Å². The van der Waals surface area contributed by atoms with E-state index in [9.17, 15) is 4.79 Å². The van der Waals surface area contributed by atoms with Crippen LogP contribution in [0.2, 0.25) is 0 Å². The summed E-state index contributed by atoms with van der Waals surface area (Å²) < 4.78 is 15.3. The second-order valence-electron chi connectivity index (χ2n) is 3.01. The number of rotatable bonds is 6. The summed E-state index contributed by atoms with van der Waals surface area (Å²) in [6.45, 7) is 4.77. The molecule has 1 unspecified atom stereocenters. The lowest BCUT2D eigenvalue weighted by molar-refractivity contribution is 0.0489. The Kier molecular flexibility index (Phi) is 4.17. The second-order valence-corrected chi connectivity index (χ2v) is 3.01. The van der Waals surface area contributed by atoms with E-state index in [1.165, 1.54) is 12.1 Å². The van der Waals surface area contributed by atoms with E-state index in [1.54, 1.807) is 0 Å². The molecule has 1 aromatic rings. The van der Waals surface area contributed by atoms with Gasteiger partial charge in [0, 0.05) is 12.7 Å². The minimum Gasteiger partial charge on any atom is -0.475 e. The van der Waals surface area contributed by atoms with Crippen molar-refractivity contribution in [2.45, 2.75) is 20.0 Å². The van der Waals surface area contributed by atoms with Crippen LogP contribution in [0.4, 0.5) is 0 Å². The Labute approximate surface area is 87.6 Å². The van der Waals surface area contributed by atoms with Gasteiger partial charge in [0.15, 0.2) is 0 Å². The standard InChI is InChI=1S/C10H14O5/c1-3-13-6-7(2)14-9-5-4-8(15-9)10(11)12/h4-5,7H,3,6H2,1-2H3,(H,11,12). The fourth-order valence-corrected chi connectivity index (χ4v) is 1.01. The van der Waals surface area contributed by atoms with Gasteiger partial charge >= 0.3 is 5.97 Å². The maximum Gasteiger partial charge on any atom is 0.371 e. The van der Waals surface area contributed by atoms with Crippen molar-refractivity contribution < 1.29 is 23.8 Å². The molecule has 5 heteroatoms. The molecule has 0 saturated carbocycles. The molecule has 0 spiro atoms. The van der Waals surface area contributed by atoms with Gasteiger partial charge in [-0.1, -0.05) is 0 Å². The van der Waals surface area contributed by atoms with Gasteiger partial charge in [-0.15, -0.1) is 0 Å². The first kappa shape index (κ1) is 11.6. The zero-order chi connectivity index (χ0) is 11.3. The average molecular weight is 214 g/mol. The number of ether oxygens (including phenoxy) is 2. The topological polar surface area (TPSA) is 68.9 Å². The van der Waals surface area contributed by atoms with Crippen LogP contribution in [0.25, 0.3) is 0 Å². The zero-order valence-corrected chi connectivity index (χ0v) is 8.73. The largest absolute Gasteiger partial charge is 0.475 e. The Morgan fingerprint density at radius 2 is 2.33 bits per heavy atom. The number of aromatic carboxylic acids is 1. The highest BCUT2D eigenvalue weighted by atomic mass is 16.6. The van der Waals surface area contributed by atoms with Gasteiger partial charge in [0.1, 0.15) is 6.10 Å². The van der Waals surface area contributed by atoms with E-state index >= 15 is 0 Å². The summed E-state index contributed by atoms with van der Waals surface area (Å²) in [6, 6.07) is 2.83. The first-order valence-corrected chi connectivity index (χ1v) is 4.71. The number of carboxylic acid groups (broad SMARTS) is 1. The first-order chi connectivity index (χ1) is 7.13. The molecule has 0 aliphatic carbocycles. The summed E-state index contributed by atoms with van der Waals surface area (Å²) in [4.78, 5) is 10.5. The van der Waals surface area contributed by atoms with Crippen LogP contribution in [-0.4, -0.2) is 30.4 Å². The molecule has 1 N–H and O–H groups in total. The van der Waals surface area contributed by atoms with Gasteiger partial charge in [0.2, 0.25) is 5.76 Å². The van der Waals surface area contributed by atoms with Crippen molar-refractivity contribution >= 4 is 5.97 Å². The van der Waals surface area contributed by atoms with E-state index < -0.39 is 5.97 Å². The van der Waals surface area contributed by atoms with Gasteiger partial charge < -0.3 is 19.0 Å². The number of hydrogen-bond donors (Lipinski definition) is 1. The van der Waals surface area contributed by atoms with E-state index in [4.69, 9.17) is 19.0 Å². The Hall–Kier alpha value is -1.49. The van der Waals surface area contributed by atoms with E-state index in [0.717, 1.165) is 0 Å². The number of carbonyl (C=O) groups is 1. The van der Waals surface area contributed by atoms with Crippen molar-refractivity contribution in [3.05, 3.63) is 17.9 Å². The Balaban J connectivity index is 2.46. The molecule has 15 heavy (non-hydrogen) atoms. The molecule has 0 saturated heterocycles. The second kappa shape index (κ2) is 5.41. The number of carboxylic acids is 1. The smallest absolute Gasteiger partial charge is 0.371 e. The van der Waals surface area contributed by atoms with Crippen LogP contribution in [0.5, 0.6) is 5.95 Å². The maximum atomic E-state index is 10.5. The highest BCUT2D eigenvalue weighted by Gasteiger charge is 2.11. The fourth-order valence-electron chi connectivity index (χ4n) is 1.01. The first-order valence-electron chi connectivity index (χ1n) is 4.71. The Morgan fingerprint density at radius 3 is 2.87 bits per heavy atom. The van der Waals surface area contributed by atoms with E-state index in [-0.39, 0.29) is 17.8 Å². The third kappa shape index (κ3) is 3.63. The van der Waals surface area contributed by atoms with Crippen LogP contribution >= 0.6 is 0 Å². The van der Waals surface area contributed by atoms with Crippen LogP contribution < -0.4 is 4.74 Å². The minimum atomic E-state index is -1.11. The normalized spacial score (nSPS) is 12.4. The summed E-state index contributed by atoms with van der Waals surface area (Å²) in [5.41, 5.74) is 0. The Morgan fingerprint density at radius 1 is 1.60 bits per heavy atom. The molecule has 0 bridgehead atoms. The van der Waals surface area contributed by atoms with Gasteiger partial charge in [-0.3, -0.25) is 0 Å².